The van der Waals surface area contributed by atoms with Crippen LogP contribution in [0.5, 0.6) is 0 Å². The third-order valence-corrected chi connectivity index (χ3v) is 4.03. The molecule has 114 valence electrons. The quantitative estimate of drug-likeness (QED) is 0.389. The van der Waals surface area contributed by atoms with Gasteiger partial charge in [-0.1, -0.05) is 17.0 Å². The van der Waals surface area contributed by atoms with Gasteiger partial charge in [-0.3, -0.25) is 9.59 Å². The van der Waals surface area contributed by atoms with Gasteiger partial charge < -0.3 is 11.1 Å². The molecular formula is C17H13IN3O2+. The second-order valence-corrected chi connectivity index (χ2v) is 5.56. The van der Waals surface area contributed by atoms with Crippen molar-refractivity contribution in [2.24, 2.45) is 0 Å². The van der Waals surface area contributed by atoms with Crippen LogP contribution in [0.15, 0.2) is 36.4 Å². The minimum atomic E-state index is -0.205. The fourth-order valence-corrected chi connectivity index (χ4v) is 2.87. The average Bonchev–Trinajstić information content (AvgIpc) is 2.56. The van der Waals surface area contributed by atoms with E-state index in [9.17, 15) is 9.59 Å². The van der Waals surface area contributed by atoms with Crippen LogP contribution in [0.4, 0.5) is 11.4 Å². The Balaban J connectivity index is 1.97. The Morgan fingerprint density at radius 3 is 2.70 bits per heavy atom. The number of hydrogen-bond donors (Lipinski definition) is 2. The molecule has 0 fully saturated rings. The first-order valence-corrected chi connectivity index (χ1v) is 8.09. The van der Waals surface area contributed by atoms with E-state index >= 15 is 0 Å². The number of benzene rings is 2. The summed E-state index contributed by atoms with van der Waals surface area (Å²) in [6, 6.07) is 10.1. The van der Waals surface area contributed by atoms with E-state index in [0.29, 0.717) is 41.0 Å². The number of nitrogens with one attached hydrogen (secondary N) is 1. The molecule has 6 heteroatoms. The number of nitrogen functional groups attached to an aromatic ring is 1. The zero-order valence-corrected chi connectivity index (χ0v) is 14.3. The number of rotatable bonds is 3. The predicted molar refractivity (Wildman–Crippen MR) is 98.8 cm³/mol. The molecule has 3 N–H and O–H groups in total. The summed E-state index contributed by atoms with van der Waals surface area (Å²) in [6.07, 6.45) is 0. The maximum absolute atomic E-state index is 12.7. The molecule has 1 aliphatic carbocycles. The summed E-state index contributed by atoms with van der Waals surface area (Å²) in [7, 11) is 0. The van der Waals surface area contributed by atoms with Crippen LogP contribution in [-0.4, -0.2) is 24.7 Å². The molecule has 0 bridgehead atoms. The van der Waals surface area contributed by atoms with E-state index in [4.69, 9.17) is 5.73 Å². The molecule has 0 aromatic heterocycles. The van der Waals surface area contributed by atoms with Gasteiger partial charge in [0.1, 0.15) is 22.6 Å². The van der Waals surface area contributed by atoms with Crippen LogP contribution < -0.4 is 11.1 Å². The minimum Gasteiger partial charge on any atom is -0.398 e. The molecule has 0 radical (unpaired) electrons. The van der Waals surface area contributed by atoms with Crippen LogP contribution in [0, 0.1) is 4.08 Å². The van der Waals surface area contributed by atoms with Crippen LogP contribution in [0.3, 0.4) is 0 Å². The van der Waals surface area contributed by atoms with Crippen LogP contribution in [0.2, 0.25) is 0 Å². The second-order valence-electron chi connectivity index (χ2n) is 5.08. The first-order chi connectivity index (χ1) is 11.1. The second kappa shape index (κ2) is 6.38. The minimum absolute atomic E-state index is 0.177. The number of nitrogens with zero attached hydrogens (tertiary/aromatic N) is 1. The van der Waals surface area contributed by atoms with Gasteiger partial charge in [0.15, 0.2) is 11.6 Å². The first-order valence-electron chi connectivity index (χ1n) is 7.01. The molecule has 2 aromatic carbocycles. The monoisotopic (exact) mass is 418 g/mol. The normalized spacial score (nSPS) is 12.0. The SMILES string of the molecule is Nc1cccc2c1C(=O)c1ccc(NCC[N+]#CI)cc1C2=O. The van der Waals surface area contributed by atoms with Gasteiger partial charge in [0, 0.05) is 28.1 Å². The summed E-state index contributed by atoms with van der Waals surface area (Å²) < 4.78 is 2.68. The molecule has 23 heavy (non-hydrogen) atoms. The van der Waals surface area contributed by atoms with Gasteiger partial charge in [0.2, 0.25) is 0 Å². The van der Waals surface area contributed by atoms with E-state index in [0.717, 1.165) is 5.69 Å². The van der Waals surface area contributed by atoms with E-state index in [1.54, 1.807) is 36.4 Å². The maximum atomic E-state index is 12.7. The third kappa shape index (κ3) is 2.80. The number of hydrogen-bond acceptors (Lipinski definition) is 4. The summed E-state index contributed by atoms with van der Waals surface area (Å²) in [5.41, 5.74) is 8.45. The topological polar surface area (TPSA) is 76.6 Å². The van der Waals surface area contributed by atoms with Crippen LogP contribution in [0.1, 0.15) is 31.8 Å². The Bertz CT molecular complexity index is 881. The lowest BCUT2D eigenvalue weighted by molar-refractivity contribution is 0.0980. The zero-order chi connectivity index (χ0) is 16.4. The number of carbonyl (C=O) groups excluding carboxylic acids is 2. The Labute approximate surface area is 146 Å². The lowest BCUT2D eigenvalue weighted by atomic mass is 9.83. The number of anilines is 2. The lowest BCUT2D eigenvalue weighted by Crippen LogP contribution is -2.22. The van der Waals surface area contributed by atoms with Crippen molar-refractivity contribution in [3.05, 3.63) is 63.5 Å². The van der Waals surface area contributed by atoms with Crippen LogP contribution >= 0.6 is 22.6 Å². The standard InChI is InChI=1S/C17H12IN3O2/c18-9-20-6-7-21-10-4-5-11-13(8-10)16(22)12-2-1-3-14(19)15(12)17(11)23/h1-5,8H,6-7H2,(H2-,19,21,23)/p+1. The molecule has 0 saturated carbocycles. The van der Waals surface area contributed by atoms with Crippen molar-refractivity contribution in [3.63, 3.8) is 0 Å². The highest BCUT2D eigenvalue weighted by molar-refractivity contribution is 14.1. The van der Waals surface area contributed by atoms with Crippen molar-refractivity contribution in [1.82, 2.24) is 0 Å². The number of halogens is 1. The number of fused-ring (bicyclic) bond motifs is 2. The Kier molecular flexibility index (Phi) is 4.30. The van der Waals surface area contributed by atoms with E-state index in [1.165, 1.54) is 0 Å². The summed E-state index contributed by atoms with van der Waals surface area (Å²) in [5, 5.41) is 3.18. The molecule has 5 nitrogen and oxygen atoms in total. The maximum Gasteiger partial charge on any atom is 0.343 e. The molecule has 0 spiro atoms. The largest absolute Gasteiger partial charge is 0.398 e. The molecule has 3 rings (SSSR count). The molecule has 0 amide bonds. The lowest BCUT2D eigenvalue weighted by Gasteiger charge is -2.19. The summed E-state index contributed by atoms with van der Waals surface area (Å²) in [5.74, 6) is -0.382. The van der Waals surface area contributed by atoms with E-state index in [2.05, 4.69) is 14.2 Å². The Morgan fingerprint density at radius 1 is 1.09 bits per heavy atom. The summed E-state index contributed by atoms with van der Waals surface area (Å²) in [4.78, 5) is 29.3. The fourth-order valence-electron chi connectivity index (χ4n) is 2.63. The van der Waals surface area contributed by atoms with Gasteiger partial charge in [-0.15, -0.1) is 0 Å². The summed E-state index contributed by atoms with van der Waals surface area (Å²) in [6.45, 7) is 1.22. The van der Waals surface area contributed by atoms with Crippen molar-refractivity contribution >= 4 is 45.5 Å². The number of nitrogens with two attached hydrogens (primary N) is 1. The van der Waals surface area contributed by atoms with Crippen LogP contribution in [0.25, 0.3) is 4.85 Å². The molecule has 0 aliphatic heterocycles. The van der Waals surface area contributed by atoms with E-state index < -0.39 is 0 Å². The molecule has 2 aromatic rings. The van der Waals surface area contributed by atoms with Crippen LogP contribution in [-0.2, 0) is 0 Å². The molecule has 1 aliphatic rings. The van der Waals surface area contributed by atoms with Crippen molar-refractivity contribution in [3.8, 4) is 4.08 Å². The Morgan fingerprint density at radius 2 is 1.91 bits per heavy atom. The molecular weight excluding hydrogens is 405 g/mol. The molecule has 0 heterocycles. The number of ketones is 2. The van der Waals surface area contributed by atoms with E-state index in [1.807, 2.05) is 22.6 Å². The summed E-state index contributed by atoms with van der Waals surface area (Å²) >= 11 is 1.94. The van der Waals surface area contributed by atoms with Gasteiger partial charge >= 0.3 is 4.08 Å². The van der Waals surface area contributed by atoms with Crippen molar-refractivity contribution < 1.29 is 9.59 Å². The van der Waals surface area contributed by atoms with Gasteiger partial charge in [0.05, 0.1) is 12.1 Å². The average molecular weight is 418 g/mol. The van der Waals surface area contributed by atoms with Crippen molar-refractivity contribution in [2.45, 2.75) is 0 Å². The highest BCUT2D eigenvalue weighted by Crippen LogP contribution is 2.31. The fraction of sp³-hybridized carbons (Fsp3) is 0.118. The smallest absolute Gasteiger partial charge is 0.343 e. The zero-order valence-electron chi connectivity index (χ0n) is 12.1. The van der Waals surface area contributed by atoms with Gasteiger partial charge in [-0.25, -0.2) is 0 Å². The molecule has 0 atom stereocenters. The van der Waals surface area contributed by atoms with E-state index in [-0.39, 0.29) is 11.6 Å². The first kappa shape index (κ1) is 15.5. The van der Waals surface area contributed by atoms with Gasteiger partial charge in [0.25, 0.3) is 6.54 Å². The van der Waals surface area contributed by atoms with Gasteiger partial charge in [-0.2, -0.15) is 0 Å². The Hall–Kier alpha value is -2.40. The van der Waals surface area contributed by atoms with Gasteiger partial charge in [-0.05, 0) is 24.3 Å². The molecule has 0 unspecified atom stereocenters. The molecule has 0 saturated heterocycles. The highest BCUT2D eigenvalue weighted by Gasteiger charge is 2.31. The third-order valence-electron chi connectivity index (χ3n) is 3.69. The number of carbonyl (C=O) groups is 2. The predicted octanol–water partition coefficient (Wildman–Crippen LogP) is 3.18. The van der Waals surface area contributed by atoms with Crippen molar-refractivity contribution in [1.29, 1.82) is 0 Å². The highest BCUT2D eigenvalue weighted by atomic mass is 127. The van der Waals surface area contributed by atoms with Crippen molar-refractivity contribution in [2.75, 3.05) is 24.1 Å².